The Balaban J connectivity index is 2.16. The Kier molecular flexibility index (Phi) is 4.53. The number of benzene rings is 1. The summed E-state index contributed by atoms with van der Waals surface area (Å²) in [7, 11) is 0. The van der Waals surface area contributed by atoms with E-state index in [1.165, 1.54) is 23.5 Å². The summed E-state index contributed by atoms with van der Waals surface area (Å²) in [5.74, 6) is 2.08. The summed E-state index contributed by atoms with van der Waals surface area (Å²) in [5, 5.41) is 10.7. The predicted molar refractivity (Wildman–Crippen MR) is 99.0 cm³/mol. The van der Waals surface area contributed by atoms with Crippen molar-refractivity contribution in [1.82, 2.24) is 4.57 Å². The van der Waals surface area contributed by atoms with Gasteiger partial charge in [0.1, 0.15) is 4.88 Å². The molecule has 0 aliphatic carbocycles. The fourth-order valence-corrected chi connectivity index (χ4v) is 4.31. The van der Waals surface area contributed by atoms with E-state index in [2.05, 4.69) is 17.0 Å². The predicted octanol–water partition coefficient (Wildman–Crippen LogP) is 3.66. The number of thiophene rings is 1. The minimum atomic E-state index is -0.522. The summed E-state index contributed by atoms with van der Waals surface area (Å²) in [6.45, 7) is 4.29. The number of carbonyl (C=O) groups excluding carboxylic acids is 1. The third-order valence-corrected chi connectivity index (χ3v) is 5.80. The molecule has 1 amide bonds. The van der Waals surface area contributed by atoms with Gasteiger partial charge in [-0.1, -0.05) is 34.7 Å². The summed E-state index contributed by atoms with van der Waals surface area (Å²) < 4.78 is 2.84. The maximum atomic E-state index is 12.4. The maximum absolute atomic E-state index is 12.4. The number of hydrogen-bond donors (Lipinski definition) is 0. The Labute approximate surface area is 151 Å². The molecule has 3 rings (SSSR count). The van der Waals surface area contributed by atoms with E-state index in [0.717, 1.165) is 32.7 Å². The molecule has 0 aliphatic rings. The van der Waals surface area contributed by atoms with Gasteiger partial charge >= 0.3 is 5.00 Å². The topological polar surface area (TPSA) is 77.5 Å². The fourth-order valence-electron chi connectivity index (χ4n) is 2.52. The number of thiazole rings is 1. The van der Waals surface area contributed by atoms with Crippen LogP contribution >= 0.6 is 22.7 Å². The first-order valence-corrected chi connectivity index (χ1v) is 8.91. The van der Waals surface area contributed by atoms with Gasteiger partial charge in [0, 0.05) is 6.07 Å². The van der Waals surface area contributed by atoms with E-state index >= 15 is 0 Å². The molecule has 6 nitrogen and oxygen atoms in total. The van der Waals surface area contributed by atoms with Gasteiger partial charge in [0.05, 0.1) is 21.7 Å². The number of terminal acetylenes is 1. The lowest BCUT2D eigenvalue weighted by Gasteiger charge is -2.02. The highest BCUT2D eigenvalue weighted by molar-refractivity contribution is 7.17. The highest BCUT2D eigenvalue weighted by Crippen LogP contribution is 2.25. The molecule has 0 radical (unpaired) electrons. The molecule has 0 unspecified atom stereocenters. The van der Waals surface area contributed by atoms with Crippen molar-refractivity contribution in [1.29, 1.82) is 0 Å². The molecule has 0 aliphatic heterocycles. The van der Waals surface area contributed by atoms with Crippen LogP contribution in [0.1, 0.15) is 20.8 Å². The summed E-state index contributed by atoms with van der Waals surface area (Å²) in [6.07, 6.45) is 5.47. The van der Waals surface area contributed by atoms with Gasteiger partial charge in [-0.3, -0.25) is 14.9 Å². The first-order valence-electron chi connectivity index (χ1n) is 7.28. The molecular weight excluding hydrogens is 358 g/mol. The molecule has 0 fully saturated rings. The van der Waals surface area contributed by atoms with E-state index in [9.17, 15) is 14.9 Å². The molecular formula is C17H13N3O3S2. The quantitative estimate of drug-likeness (QED) is 0.400. The average Bonchev–Trinajstić information content (AvgIpc) is 3.15. The van der Waals surface area contributed by atoms with Crippen molar-refractivity contribution in [3.05, 3.63) is 55.2 Å². The van der Waals surface area contributed by atoms with Gasteiger partial charge in [-0.2, -0.15) is 4.99 Å². The average molecular weight is 371 g/mol. The van der Waals surface area contributed by atoms with Crippen LogP contribution in [0.5, 0.6) is 0 Å². The van der Waals surface area contributed by atoms with Crippen LogP contribution in [0, 0.1) is 36.3 Å². The highest BCUT2D eigenvalue weighted by atomic mass is 32.1. The zero-order chi connectivity index (χ0) is 18.1. The minimum Gasteiger partial charge on any atom is -0.305 e. The number of aromatic nitrogens is 1. The fraction of sp³-hybridized carbons (Fsp3) is 0.176. The molecule has 8 heteroatoms. The summed E-state index contributed by atoms with van der Waals surface area (Å²) >= 11 is 2.20. The van der Waals surface area contributed by atoms with Gasteiger partial charge in [-0.05, 0) is 37.1 Å². The standard InChI is InChI=1S/C17H13N3O3S2/c1-4-7-19-12-9-10(2)8-11(3)15(12)25-17(19)18-16(21)13-5-6-14(24-13)20(22)23/h1,5-6,8-9H,7H2,2-3H3. The van der Waals surface area contributed by atoms with Crippen LogP contribution in [0.3, 0.4) is 0 Å². The lowest BCUT2D eigenvalue weighted by Crippen LogP contribution is -2.16. The minimum absolute atomic E-state index is 0.0853. The van der Waals surface area contributed by atoms with Crippen LogP contribution in [0.4, 0.5) is 5.00 Å². The molecule has 0 saturated carbocycles. The van der Waals surface area contributed by atoms with Gasteiger partial charge in [0.2, 0.25) is 0 Å². The molecule has 3 aromatic rings. The van der Waals surface area contributed by atoms with E-state index < -0.39 is 10.8 Å². The number of hydrogen-bond acceptors (Lipinski definition) is 5. The molecule has 0 bridgehead atoms. The summed E-state index contributed by atoms with van der Waals surface area (Å²) in [6, 6.07) is 6.80. The third-order valence-electron chi connectivity index (χ3n) is 3.54. The van der Waals surface area contributed by atoms with Crippen LogP contribution in [0.25, 0.3) is 10.2 Å². The Morgan fingerprint density at radius 1 is 1.36 bits per heavy atom. The summed E-state index contributed by atoms with van der Waals surface area (Å²) in [5.41, 5.74) is 3.12. The van der Waals surface area contributed by atoms with Gasteiger partial charge < -0.3 is 4.57 Å². The van der Waals surface area contributed by atoms with Crippen molar-refractivity contribution in [2.75, 3.05) is 0 Å². The normalized spacial score (nSPS) is 11.6. The zero-order valence-corrected chi connectivity index (χ0v) is 15.1. The smallest absolute Gasteiger partial charge is 0.305 e. The number of nitro groups is 1. The number of nitrogens with zero attached hydrogens (tertiary/aromatic N) is 3. The molecule has 1 aromatic carbocycles. The summed E-state index contributed by atoms with van der Waals surface area (Å²) in [4.78, 5) is 27.5. The number of aryl methyl sites for hydroxylation is 2. The monoisotopic (exact) mass is 371 g/mol. The van der Waals surface area contributed by atoms with Crippen LogP contribution in [0.2, 0.25) is 0 Å². The second-order valence-electron chi connectivity index (χ2n) is 5.42. The molecule has 2 aromatic heterocycles. The van der Waals surface area contributed by atoms with Crippen LogP contribution in [0.15, 0.2) is 29.3 Å². The van der Waals surface area contributed by atoms with Crippen molar-refractivity contribution in [3.8, 4) is 12.3 Å². The number of fused-ring (bicyclic) bond motifs is 1. The Morgan fingerprint density at radius 3 is 2.76 bits per heavy atom. The largest absolute Gasteiger partial charge is 0.324 e. The zero-order valence-electron chi connectivity index (χ0n) is 13.5. The first kappa shape index (κ1) is 17.1. The second-order valence-corrected chi connectivity index (χ2v) is 7.46. The second kappa shape index (κ2) is 6.63. The third kappa shape index (κ3) is 3.24. The Morgan fingerprint density at radius 2 is 2.12 bits per heavy atom. The molecule has 0 N–H and O–H groups in total. The molecule has 0 atom stereocenters. The van der Waals surface area contributed by atoms with Crippen LogP contribution in [-0.2, 0) is 6.54 Å². The number of amides is 1. The van der Waals surface area contributed by atoms with E-state index in [4.69, 9.17) is 6.42 Å². The van der Waals surface area contributed by atoms with Crippen molar-refractivity contribution in [2.24, 2.45) is 4.99 Å². The van der Waals surface area contributed by atoms with E-state index in [1.54, 1.807) is 0 Å². The molecule has 0 saturated heterocycles. The number of carbonyl (C=O) groups is 1. The van der Waals surface area contributed by atoms with E-state index in [-0.39, 0.29) is 9.88 Å². The molecule has 0 spiro atoms. The van der Waals surface area contributed by atoms with E-state index in [1.807, 2.05) is 24.5 Å². The molecule has 25 heavy (non-hydrogen) atoms. The Hall–Kier alpha value is -2.76. The SMILES string of the molecule is C#CCn1c(=NC(=O)c2ccc([N+](=O)[O-])s2)sc2c(C)cc(C)cc21. The maximum Gasteiger partial charge on any atom is 0.324 e. The van der Waals surface area contributed by atoms with Crippen LogP contribution < -0.4 is 4.80 Å². The Bertz CT molecular complexity index is 1110. The van der Waals surface area contributed by atoms with Gasteiger partial charge in [-0.15, -0.1) is 6.42 Å². The van der Waals surface area contributed by atoms with Crippen molar-refractivity contribution in [3.63, 3.8) is 0 Å². The van der Waals surface area contributed by atoms with Crippen molar-refractivity contribution in [2.45, 2.75) is 20.4 Å². The lowest BCUT2D eigenvalue weighted by molar-refractivity contribution is -0.380. The highest BCUT2D eigenvalue weighted by Gasteiger charge is 2.16. The lowest BCUT2D eigenvalue weighted by atomic mass is 10.1. The van der Waals surface area contributed by atoms with Crippen LogP contribution in [-0.4, -0.2) is 15.4 Å². The van der Waals surface area contributed by atoms with E-state index in [0.29, 0.717) is 11.3 Å². The van der Waals surface area contributed by atoms with Crippen molar-refractivity contribution < 1.29 is 9.72 Å². The number of rotatable bonds is 3. The molecule has 2 heterocycles. The van der Waals surface area contributed by atoms with Gasteiger partial charge in [0.15, 0.2) is 4.80 Å². The van der Waals surface area contributed by atoms with Crippen molar-refractivity contribution >= 4 is 43.8 Å². The first-order chi connectivity index (χ1) is 11.9. The van der Waals surface area contributed by atoms with Gasteiger partial charge in [-0.25, -0.2) is 0 Å². The molecule has 126 valence electrons. The van der Waals surface area contributed by atoms with Gasteiger partial charge in [0.25, 0.3) is 5.91 Å².